The van der Waals surface area contributed by atoms with Crippen molar-refractivity contribution in [2.75, 3.05) is 13.2 Å². The Morgan fingerprint density at radius 3 is 2.40 bits per heavy atom. The van der Waals surface area contributed by atoms with Gasteiger partial charge in [0.2, 0.25) is 0 Å². The standard InChI is InChI=1S/C15H10BrClO3/c16-11-4-2-1-3-9(11)15(18)10-7-13-14(8-12(10)17)20-6-5-19-13/h1-4,7-8H,5-6H2. The molecule has 20 heavy (non-hydrogen) atoms. The first-order valence-electron chi connectivity index (χ1n) is 6.05. The van der Waals surface area contributed by atoms with Crippen molar-refractivity contribution in [2.45, 2.75) is 0 Å². The van der Waals surface area contributed by atoms with Crippen LogP contribution in [0.4, 0.5) is 0 Å². The summed E-state index contributed by atoms with van der Waals surface area (Å²) < 4.78 is 11.7. The molecule has 0 spiro atoms. The van der Waals surface area contributed by atoms with Crippen LogP contribution in [0.15, 0.2) is 40.9 Å². The number of ketones is 1. The van der Waals surface area contributed by atoms with Crippen LogP contribution < -0.4 is 9.47 Å². The van der Waals surface area contributed by atoms with Crippen LogP contribution in [0.25, 0.3) is 0 Å². The largest absolute Gasteiger partial charge is 0.486 e. The quantitative estimate of drug-likeness (QED) is 0.762. The third kappa shape index (κ3) is 2.41. The molecule has 0 unspecified atom stereocenters. The van der Waals surface area contributed by atoms with E-state index in [0.717, 1.165) is 4.47 Å². The molecule has 0 N–H and O–H groups in total. The zero-order chi connectivity index (χ0) is 14.1. The van der Waals surface area contributed by atoms with Crippen molar-refractivity contribution in [1.29, 1.82) is 0 Å². The molecule has 0 atom stereocenters. The second-order valence-electron chi connectivity index (χ2n) is 4.28. The van der Waals surface area contributed by atoms with Gasteiger partial charge in [-0.05, 0) is 18.2 Å². The van der Waals surface area contributed by atoms with Gasteiger partial charge in [0.1, 0.15) is 13.2 Å². The number of carbonyl (C=O) groups is 1. The molecule has 5 heteroatoms. The van der Waals surface area contributed by atoms with Gasteiger partial charge in [0.25, 0.3) is 0 Å². The fourth-order valence-electron chi connectivity index (χ4n) is 2.03. The Hall–Kier alpha value is -1.52. The van der Waals surface area contributed by atoms with Gasteiger partial charge in [-0.15, -0.1) is 0 Å². The van der Waals surface area contributed by atoms with E-state index in [1.165, 1.54) is 0 Å². The minimum absolute atomic E-state index is 0.153. The summed E-state index contributed by atoms with van der Waals surface area (Å²) in [6.45, 7) is 0.956. The zero-order valence-corrected chi connectivity index (χ0v) is 12.7. The molecular weight excluding hydrogens is 344 g/mol. The minimum Gasteiger partial charge on any atom is -0.486 e. The first-order valence-corrected chi connectivity index (χ1v) is 7.22. The number of hydrogen-bond donors (Lipinski definition) is 0. The molecule has 0 saturated heterocycles. The Kier molecular flexibility index (Phi) is 3.68. The number of rotatable bonds is 2. The zero-order valence-electron chi connectivity index (χ0n) is 10.4. The van der Waals surface area contributed by atoms with E-state index in [9.17, 15) is 4.79 Å². The Labute approximate surface area is 129 Å². The van der Waals surface area contributed by atoms with Crippen LogP contribution in [0.3, 0.4) is 0 Å². The first kappa shape index (κ1) is 13.5. The highest BCUT2D eigenvalue weighted by atomic mass is 79.9. The predicted octanol–water partition coefficient (Wildman–Crippen LogP) is 4.10. The van der Waals surface area contributed by atoms with Gasteiger partial charge < -0.3 is 9.47 Å². The monoisotopic (exact) mass is 352 g/mol. The van der Waals surface area contributed by atoms with Crippen LogP contribution in [0.2, 0.25) is 5.02 Å². The van der Waals surface area contributed by atoms with Gasteiger partial charge in [0.15, 0.2) is 17.3 Å². The maximum atomic E-state index is 12.6. The average Bonchev–Trinajstić information content (AvgIpc) is 2.46. The molecule has 3 nitrogen and oxygen atoms in total. The van der Waals surface area contributed by atoms with Gasteiger partial charge in [-0.25, -0.2) is 0 Å². The van der Waals surface area contributed by atoms with Gasteiger partial charge in [-0.2, -0.15) is 0 Å². The molecule has 0 fully saturated rings. The highest BCUT2D eigenvalue weighted by Gasteiger charge is 2.21. The third-order valence-corrected chi connectivity index (χ3v) is 4.00. The van der Waals surface area contributed by atoms with E-state index in [2.05, 4.69) is 15.9 Å². The van der Waals surface area contributed by atoms with E-state index in [4.69, 9.17) is 21.1 Å². The van der Waals surface area contributed by atoms with E-state index in [1.54, 1.807) is 18.2 Å². The second kappa shape index (κ2) is 5.46. The molecule has 102 valence electrons. The highest BCUT2D eigenvalue weighted by Crippen LogP contribution is 2.36. The summed E-state index contributed by atoms with van der Waals surface area (Å²) in [4.78, 5) is 12.6. The Bertz CT molecular complexity index is 685. The van der Waals surface area contributed by atoms with Crippen LogP contribution in [0.5, 0.6) is 11.5 Å². The minimum atomic E-state index is -0.153. The van der Waals surface area contributed by atoms with Gasteiger partial charge in [-0.1, -0.05) is 39.7 Å². The van der Waals surface area contributed by atoms with Crippen molar-refractivity contribution in [3.05, 3.63) is 57.0 Å². The molecule has 1 aliphatic rings. The maximum Gasteiger partial charge on any atom is 0.195 e. The van der Waals surface area contributed by atoms with E-state index < -0.39 is 0 Å². The van der Waals surface area contributed by atoms with Crippen molar-refractivity contribution >= 4 is 33.3 Å². The van der Waals surface area contributed by atoms with Gasteiger partial charge >= 0.3 is 0 Å². The fourth-order valence-corrected chi connectivity index (χ4v) is 2.73. The van der Waals surface area contributed by atoms with Gasteiger partial charge in [0.05, 0.1) is 5.02 Å². The number of ether oxygens (including phenoxy) is 2. The van der Waals surface area contributed by atoms with E-state index >= 15 is 0 Å². The lowest BCUT2D eigenvalue weighted by Crippen LogP contribution is -2.16. The molecule has 0 aliphatic carbocycles. The summed E-state index contributed by atoms with van der Waals surface area (Å²) in [5.41, 5.74) is 0.967. The molecule has 1 heterocycles. The van der Waals surface area contributed by atoms with Crippen molar-refractivity contribution < 1.29 is 14.3 Å². The van der Waals surface area contributed by atoms with Crippen LogP contribution in [0.1, 0.15) is 15.9 Å². The summed E-state index contributed by atoms with van der Waals surface area (Å²) in [5.74, 6) is 0.973. The maximum absolute atomic E-state index is 12.6. The number of benzene rings is 2. The normalized spacial score (nSPS) is 13.1. The van der Waals surface area contributed by atoms with Crippen molar-refractivity contribution in [1.82, 2.24) is 0 Å². The Morgan fingerprint density at radius 2 is 1.70 bits per heavy atom. The molecule has 3 rings (SSSR count). The fraction of sp³-hybridized carbons (Fsp3) is 0.133. The lowest BCUT2D eigenvalue weighted by atomic mass is 10.0. The van der Waals surface area contributed by atoms with Crippen LogP contribution >= 0.6 is 27.5 Å². The van der Waals surface area contributed by atoms with Crippen LogP contribution in [0, 0.1) is 0 Å². The summed E-state index contributed by atoms with van der Waals surface area (Å²) in [7, 11) is 0. The molecule has 1 aliphatic heterocycles. The Morgan fingerprint density at radius 1 is 1.05 bits per heavy atom. The van der Waals surface area contributed by atoms with Crippen molar-refractivity contribution in [3.8, 4) is 11.5 Å². The predicted molar refractivity (Wildman–Crippen MR) is 80.0 cm³/mol. The molecule has 0 saturated carbocycles. The Balaban J connectivity index is 2.06. The first-order chi connectivity index (χ1) is 9.66. The highest BCUT2D eigenvalue weighted by molar-refractivity contribution is 9.10. The third-order valence-electron chi connectivity index (χ3n) is 2.99. The van der Waals surface area contributed by atoms with Crippen molar-refractivity contribution in [3.63, 3.8) is 0 Å². The number of fused-ring (bicyclic) bond motifs is 1. The van der Waals surface area contributed by atoms with Crippen LogP contribution in [-0.4, -0.2) is 19.0 Å². The molecule has 0 amide bonds. The smallest absolute Gasteiger partial charge is 0.195 e. The molecule has 2 aromatic rings. The second-order valence-corrected chi connectivity index (χ2v) is 5.55. The number of halogens is 2. The summed E-state index contributed by atoms with van der Waals surface area (Å²) in [6.07, 6.45) is 0. The van der Waals surface area contributed by atoms with Gasteiger partial charge in [0, 0.05) is 21.7 Å². The summed E-state index contributed by atoms with van der Waals surface area (Å²) in [6, 6.07) is 10.5. The van der Waals surface area contributed by atoms with E-state index in [-0.39, 0.29) is 5.78 Å². The van der Waals surface area contributed by atoms with Crippen LogP contribution in [-0.2, 0) is 0 Å². The molecule has 0 radical (unpaired) electrons. The topological polar surface area (TPSA) is 35.5 Å². The average molecular weight is 354 g/mol. The molecular formula is C15H10BrClO3. The van der Waals surface area contributed by atoms with E-state index in [1.807, 2.05) is 18.2 Å². The summed E-state index contributed by atoms with van der Waals surface area (Å²) >= 11 is 9.56. The molecule has 0 bridgehead atoms. The lowest BCUT2D eigenvalue weighted by molar-refractivity contribution is 0.103. The van der Waals surface area contributed by atoms with E-state index in [0.29, 0.717) is 40.9 Å². The molecule has 0 aromatic heterocycles. The van der Waals surface area contributed by atoms with Gasteiger partial charge in [-0.3, -0.25) is 4.79 Å². The lowest BCUT2D eigenvalue weighted by Gasteiger charge is -2.19. The molecule has 2 aromatic carbocycles. The summed E-state index contributed by atoms with van der Waals surface area (Å²) in [5, 5.41) is 0.356. The number of carbonyl (C=O) groups excluding carboxylic acids is 1. The van der Waals surface area contributed by atoms with Crippen molar-refractivity contribution in [2.24, 2.45) is 0 Å². The SMILES string of the molecule is O=C(c1cc2c(cc1Cl)OCCO2)c1ccccc1Br. The number of hydrogen-bond acceptors (Lipinski definition) is 3.